The largest absolute Gasteiger partial charge is 0.455 e. The van der Waals surface area contributed by atoms with Crippen LogP contribution < -0.4 is 0 Å². The summed E-state index contributed by atoms with van der Waals surface area (Å²) in [6.45, 7) is 0. The smallest absolute Gasteiger partial charge is 0.144 e. The van der Waals surface area contributed by atoms with E-state index in [1.165, 1.54) is 24.3 Å². The maximum atomic E-state index is 16.5. The third kappa shape index (κ3) is 8.02. The van der Waals surface area contributed by atoms with Gasteiger partial charge in [0, 0.05) is 68.6 Å². The zero-order valence-corrected chi connectivity index (χ0v) is 30.9. The number of furan rings is 1. The average molecular weight is 765 g/mol. The summed E-state index contributed by atoms with van der Waals surface area (Å²) in [5.41, 5.74) is 3.00. The predicted molar refractivity (Wildman–Crippen MR) is 230 cm³/mol. The molecule has 0 atom stereocenters. The third-order valence-electron chi connectivity index (χ3n) is 9.65. The van der Waals surface area contributed by atoms with Crippen molar-refractivity contribution in [2.24, 2.45) is 0 Å². The molecule has 280 valence electrons. The third-order valence-corrected chi connectivity index (χ3v) is 9.65. The predicted octanol–water partition coefficient (Wildman–Crippen LogP) is 12.1. The van der Waals surface area contributed by atoms with Gasteiger partial charge in [0.25, 0.3) is 0 Å². The van der Waals surface area contributed by atoms with Crippen LogP contribution in [0, 0.1) is 17.1 Å². The van der Waals surface area contributed by atoms with Gasteiger partial charge in [-0.3, -0.25) is 15.0 Å². The summed E-state index contributed by atoms with van der Waals surface area (Å²) < 4.78 is 114. The Labute approximate surface area is 351 Å². The Hall–Kier alpha value is -7.23. The Morgan fingerprint density at radius 3 is 1.76 bits per heavy atom. The van der Waals surface area contributed by atoms with Gasteiger partial charge in [0.05, 0.1) is 31.5 Å². The maximum Gasteiger partial charge on any atom is 0.144 e. The summed E-state index contributed by atoms with van der Waals surface area (Å²) in [6.07, 6.45) is -7.30. The second-order valence-corrected chi connectivity index (χ2v) is 13.6. The van der Waals surface area contributed by atoms with Crippen LogP contribution in [-0.2, 0) is 38.3 Å². The van der Waals surface area contributed by atoms with E-state index in [0.29, 0.717) is 33.3 Å². The van der Waals surface area contributed by atoms with Crippen molar-refractivity contribution in [1.82, 2.24) is 15.0 Å². The number of aromatic nitrogens is 3. The minimum Gasteiger partial charge on any atom is -0.455 e. The van der Waals surface area contributed by atoms with Gasteiger partial charge < -0.3 is 4.42 Å². The van der Waals surface area contributed by atoms with Gasteiger partial charge in [-0.15, -0.1) is 0 Å². The zero-order valence-electron chi connectivity index (χ0n) is 40.9. The van der Waals surface area contributed by atoms with E-state index in [1.54, 1.807) is 54.9 Å². The van der Waals surface area contributed by atoms with E-state index in [2.05, 4.69) is 15.0 Å². The molecule has 0 aliphatic carbocycles. The highest BCUT2D eigenvalue weighted by atomic mass is 19.1. The quantitative estimate of drug-likeness (QED) is 0.124. The summed E-state index contributed by atoms with van der Waals surface area (Å²) in [4.78, 5) is 13.4. The standard InChI is InChI=1S/C52H39FN4O/c53-47-30-50(46-13-7-12-45-44-23-19-40(31-54)29-51(44)58-52(45)46)57-34-43(47)22-18-39-27-37(16-14-35-20-24-48(55-32-35)41-8-3-1-4-9-41)26-38(28-39)17-15-36-21-25-49(56-33-36)42-10-5-2-6-11-42/h1-13,19-21,23-30,32-34H,14-18,22H2/i16D2,17D2,18D2,19D,22D2,29D. The monoisotopic (exact) mass is 764 g/mol. The molecule has 0 fully saturated rings. The molecule has 9 aromatic rings. The molecule has 0 bridgehead atoms. The zero-order chi connectivity index (χ0) is 48.2. The molecule has 0 spiro atoms. The molecule has 5 aromatic carbocycles. The van der Waals surface area contributed by atoms with Gasteiger partial charge in [-0.25, -0.2) is 4.39 Å². The van der Waals surface area contributed by atoms with Crippen LogP contribution in [0.3, 0.4) is 0 Å². The van der Waals surface area contributed by atoms with Gasteiger partial charge >= 0.3 is 0 Å². The van der Waals surface area contributed by atoms with Crippen molar-refractivity contribution in [2.75, 3.05) is 0 Å². The number of fused-ring (bicyclic) bond motifs is 3. The molecule has 0 saturated heterocycles. The second kappa shape index (κ2) is 16.5. The number of halogens is 1. The molecule has 6 heteroatoms. The fourth-order valence-corrected chi connectivity index (χ4v) is 6.67. The van der Waals surface area contributed by atoms with Crippen LogP contribution in [-0.4, -0.2) is 15.0 Å². The van der Waals surface area contributed by atoms with Gasteiger partial charge in [-0.2, -0.15) is 5.26 Å². The summed E-state index contributed by atoms with van der Waals surface area (Å²) in [5.74, 6) is -1.15. The minimum absolute atomic E-state index is 0.00587. The normalized spacial score (nSPS) is 14.8. The van der Waals surface area contributed by atoms with Crippen LogP contribution in [0.1, 0.15) is 52.7 Å². The second-order valence-electron chi connectivity index (χ2n) is 13.6. The van der Waals surface area contributed by atoms with E-state index in [0.717, 1.165) is 23.4 Å². The SMILES string of the molecule is [2H]c1cc2c(oc3c(-c4cc(F)c(C([2H])([2H])C([2H])([2H])c5cc(C([2H])([2H])Cc6ccc(-c7ccccc7)nc6)cc(C([2H])([2H])Cc6ccc(-c7ccccc7)nc6)c5)cn4)cccc32)c([2H])c1C#N. The van der Waals surface area contributed by atoms with Crippen molar-refractivity contribution in [2.45, 2.75) is 38.3 Å². The van der Waals surface area contributed by atoms with Crippen LogP contribution in [0.2, 0.25) is 0 Å². The number of pyridine rings is 3. The average Bonchev–Trinajstić information content (AvgIpc) is 3.71. The lowest BCUT2D eigenvalue weighted by Crippen LogP contribution is -2.02. The van der Waals surface area contributed by atoms with Gasteiger partial charge in [0.1, 0.15) is 17.0 Å². The van der Waals surface area contributed by atoms with Crippen LogP contribution in [0.4, 0.5) is 4.39 Å². The molecule has 9 rings (SSSR count). The fraction of sp³-hybridized carbons (Fsp3) is 0.115. The van der Waals surface area contributed by atoms with Crippen molar-refractivity contribution in [3.63, 3.8) is 0 Å². The van der Waals surface area contributed by atoms with E-state index in [4.69, 9.17) is 7.16 Å². The number of nitriles is 1. The Morgan fingerprint density at radius 1 is 0.586 bits per heavy atom. The van der Waals surface area contributed by atoms with Gasteiger partial charge in [-0.05, 0) is 103 Å². The topological polar surface area (TPSA) is 75.6 Å². The molecular formula is C52H39FN4O. The molecule has 0 N–H and O–H groups in total. The van der Waals surface area contributed by atoms with Gasteiger partial charge in [0.15, 0.2) is 0 Å². The van der Waals surface area contributed by atoms with E-state index < -0.39 is 42.4 Å². The first-order valence-corrected chi connectivity index (χ1v) is 18.6. The lowest BCUT2D eigenvalue weighted by molar-refractivity contribution is 0.606. The van der Waals surface area contributed by atoms with Crippen molar-refractivity contribution >= 4 is 21.9 Å². The molecule has 0 saturated carbocycles. The molecule has 0 unspecified atom stereocenters. The number of hydrogen-bond acceptors (Lipinski definition) is 5. The summed E-state index contributed by atoms with van der Waals surface area (Å²) in [6, 6.07) is 38.2. The Kier molecular flexibility index (Phi) is 7.55. The number of nitrogens with zero attached hydrogens (tertiary/aromatic N) is 4. The lowest BCUT2D eigenvalue weighted by atomic mass is 9.94. The molecule has 5 nitrogen and oxygen atoms in total. The molecule has 0 amide bonds. The molecule has 0 aliphatic rings. The number of hydrogen-bond donors (Lipinski definition) is 0. The maximum absolute atomic E-state index is 16.5. The summed E-state index contributed by atoms with van der Waals surface area (Å²) in [5, 5.41) is 10.4. The van der Waals surface area contributed by atoms with Crippen LogP contribution in [0.25, 0.3) is 55.7 Å². The van der Waals surface area contributed by atoms with Crippen LogP contribution >= 0.6 is 0 Å². The number of aryl methyl sites for hydroxylation is 6. The first-order chi connectivity index (χ1) is 32.4. The lowest BCUT2D eigenvalue weighted by Gasteiger charge is -2.12. The summed E-state index contributed by atoms with van der Waals surface area (Å²) in [7, 11) is 0. The first-order valence-electron chi connectivity index (χ1n) is 23.6. The van der Waals surface area contributed by atoms with Crippen molar-refractivity contribution in [1.29, 1.82) is 5.26 Å². The highest BCUT2D eigenvalue weighted by Crippen LogP contribution is 2.36. The highest BCUT2D eigenvalue weighted by Gasteiger charge is 2.16. The van der Waals surface area contributed by atoms with Crippen LogP contribution in [0.5, 0.6) is 0 Å². The van der Waals surface area contributed by atoms with Crippen molar-refractivity contribution in [3.8, 4) is 39.8 Å². The van der Waals surface area contributed by atoms with Crippen molar-refractivity contribution in [3.05, 3.63) is 209 Å². The molecule has 58 heavy (non-hydrogen) atoms. The molecule has 4 heterocycles. The Balaban J connectivity index is 1.09. The fourth-order valence-electron chi connectivity index (χ4n) is 6.67. The summed E-state index contributed by atoms with van der Waals surface area (Å²) >= 11 is 0. The molecular weight excluding hydrogens is 716 g/mol. The van der Waals surface area contributed by atoms with Gasteiger partial charge in [0.2, 0.25) is 0 Å². The molecule has 0 radical (unpaired) electrons. The number of para-hydroxylation sites is 1. The first kappa shape index (κ1) is 26.6. The van der Waals surface area contributed by atoms with E-state index in [-0.39, 0.29) is 64.0 Å². The Bertz CT molecular complexity index is 3280. The minimum atomic E-state index is -3.17. The van der Waals surface area contributed by atoms with E-state index >= 15 is 4.39 Å². The molecule has 4 aromatic heterocycles. The van der Waals surface area contributed by atoms with Crippen LogP contribution in [0.15, 0.2) is 169 Å². The Morgan fingerprint density at radius 2 is 1.19 bits per heavy atom. The van der Waals surface area contributed by atoms with Gasteiger partial charge in [-0.1, -0.05) is 103 Å². The number of benzene rings is 5. The number of rotatable bonds is 12. The molecule has 0 aliphatic heterocycles. The van der Waals surface area contributed by atoms with E-state index in [1.807, 2.05) is 66.7 Å². The van der Waals surface area contributed by atoms with E-state index in [9.17, 15) is 16.2 Å². The van der Waals surface area contributed by atoms with Crippen molar-refractivity contribution < 1.29 is 22.5 Å². The highest BCUT2D eigenvalue weighted by molar-refractivity contribution is 6.09.